The van der Waals surface area contributed by atoms with Crippen LogP contribution in [-0.2, 0) is 16.1 Å². The molecule has 0 bridgehead atoms. The molecule has 1 heterocycles. The van der Waals surface area contributed by atoms with Crippen molar-refractivity contribution < 1.29 is 9.53 Å². The van der Waals surface area contributed by atoms with Crippen molar-refractivity contribution >= 4 is 17.6 Å². The summed E-state index contributed by atoms with van der Waals surface area (Å²) in [4.78, 5) is 16.3. The van der Waals surface area contributed by atoms with Crippen LogP contribution < -0.4 is 16.0 Å². The third-order valence-corrected chi connectivity index (χ3v) is 4.87. The first kappa shape index (κ1) is 20.2. The number of rotatable bonds is 7. The van der Waals surface area contributed by atoms with Gasteiger partial charge in [0, 0.05) is 38.3 Å². The van der Waals surface area contributed by atoms with Crippen LogP contribution in [0.2, 0.25) is 0 Å². The van der Waals surface area contributed by atoms with Crippen LogP contribution in [-0.4, -0.2) is 37.7 Å². The van der Waals surface area contributed by atoms with E-state index >= 15 is 0 Å². The van der Waals surface area contributed by atoms with E-state index in [9.17, 15) is 4.79 Å². The maximum atomic E-state index is 12.0. The molecule has 1 aromatic carbocycles. The van der Waals surface area contributed by atoms with Crippen molar-refractivity contribution in [2.45, 2.75) is 52.2 Å². The van der Waals surface area contributed by atoms with E-state index in [0.29, 0.717) is 6.54 Å². The van der Waals surface area contributed by atoms with Gasteiger partial charge in [0.2, 0.25) is 5.91 Å². The highest BCUT2D eigenvalue weighted by molar-refractivity contribution is 5.92. The molecule has 6 heteroatoms. The van der Waals surface area contributed by atoms with Crippen molar-refractivity contribution in [1.82, 2.24) is 10.6 Å². The Kier molecular flexibility index (Phi) is 7.45. The highest BCUT2D eigenvalue weighted by Crippen LogP contribution is 2.23. The predicted molar refractivity (Wildman–Crippen MR) is 106 cm³/mol. The van der Waals surface area contributed by atoms with Crippen molar-refractivity contribution in [3.63, 3.8) is 0 Å². The Balaban J connectivity index is 1.85. The quantitative estimate of drug-likeness (QED) is 0.516. The fraction of sp³-hybridized carbons (Fsp3) is 0.600. The molecule has 1 amide bonds. The van der Waals surface area contributed by atoms with Crippen LogP contribution in [0.15, 0.2) is 29.3 Å². The molecule has 1 aliphatic heterocycles. The molecule has 0 saturated carbocycles. The fourth-order valence-corrected chi connectivity index (χ4v) is 2.86. The van der Waals surface area contributed by atoms with Crippen molar-refractivity contribution in [3.05, 3.63) is 29.8 Å². The number of guanidine groups is 1. The van der Waals surface area contributed by atoms with Gasteiger partial charge in [-0.2, -0.15) is 0 Å². The topological polar surface area (TPSA) is 74.8 Å². The zero-order valence-electron chi connectivity index (χ0n) is 16.4. The molecule has 3 N–H and O–H groups in total. The Morgan fingerprint density at radius 3 is 2.85 bits per heavy atom. The summed E-state index contributed by atoms with van der Waals surface area (Å²) < 4.78 is 5.79. The maximum Gasteiger partial charge on any atom is 0.227 e. The molecular formula is C20H32N4O2. The number of hydrogen-bond donors (Lipinski definition) is 3. The number of benzene rings is 1. The first-order valence-corrected chi connectivity index (χ1v) is 9.44. The normalized spacial score (nSPS) is 21.3. The molecule has 144 valence electrons. The summed E-state index contributed by atoms with van der Waals surface area (Å²) in [5, 5.41) is 9.62. The van der Waals surface area contributed by atoms with Crippen LogP contribution in [0.5, 0.6) is 0 Å². The summed E-state index contributed by atoms with van der Waals surface area (Å²) in [7, 11) is 1.76. The molecule has 26 heavy (non-hydrogen) atoms. The molecule has 0 aromatic heterocycles. The van der Waals surface area contributed by atoms with E-state index in [4.69, 9.17) is 4.74 Å². The van der Waals surface area contributed by atoms with Gasteiger partial charge in [0.15, 0.2) is 5.96 Å². The third kappa shape index (κ3) is 6.02. The average molecular weight is 361 g/mol. The Morgan fingerprint density at radius 2 is 2.19 bits per heavy atom. The minimum atomic E-state index is -0.113. The lowest BCUT2D eigenvalue weighted by Crippen LogP contribution is -2.45. The SMILES string of the molecule is CCC(C)C(=O)Nc1cccc(CNC(=NC)NCC2(C)CCCO2)c1. The Bertz CT molecular complexity index is 624. The molecule has 1 aromatic rings. The van der Waals surface area contributed by atoms with E-state index in [-0.39, 0.29) is 17.4 Å². The monoisotopic (exact) mass is 360 g/mol. The predicted octanol–water partition coefficient (Wildman–Crippen LogP) is 2.91. The van der Waals surface area contributed by atoms with Crippen LogP contribution in [0.25, 0.3) is 0 Å². The first-order valence-electron chi connectivity index (χ1n) is 9.44. The molecule has 1 fully saturated rings. The number of ether oxygens (including phenoxy) is 1. The smallest absolute Gasteiger partial charge is 0.227 e. The van der Waals surface area contributed by atoms with Gasteiger partial charge in [0.05, 0.1) is 5.60 Å². The molecular weight excluding hydrogens is 328 g/mol. The number of nitrogens with zero attached hydrogens (tertiary/aromatic N) is 1. The lowest BCUT2D eigenvalue weighted by Gasteiger charge is -2.24. The number of carbonyl (C=O) groups excluding carboxylic acids is 1. The molecule has 0 aliphatic carbocycles. The summed E-state index contributed by atoms with van der Waals surface area (Å²) >= 11 is 0. The summed E-state index contributed by atoms with van der Waals surface area (Å²) in [6.45, 7) is 8.27. The molecule has 0 spiro atoms. The maximum absolute atomic E-state index is 12.0. The molecule has 1 aliphatic rings. The minimum Gasteiger partial charge on any atom is -0.373 e. The lowest BCUT2D eigenvalue weighted by molar-refractivity contribution is -0.119. The Labute approximate surface area is 156 Å². The number of aliphatic imine (C=N–C) groups is 1. The highest BCUT2D eigenvalue weighted by atomic mass is 16.5. The second kappa shape index (κ2) is 9.57. The minimum absolute atomic E-state index is 0.0129. The molecule has 6 nitrogen and oxygen atoms in total. The van der Waals surface area contributed by atoms with E-state index in [2.05, 4.69) is 27.9 Å². The Hall–Kier alpha value is -2.08. The molecule has 2 atom stereocenters. The number of anilines is 1. The van der Waals surface area contributed by atoms with Gasteiger partial charge in [-0.3, -0.25) is 9.79 Å². The zero-order valence-corrected chi connectivity index (χ0v) is 16.4. The third-order valence-electron chi connectivity index (χ3n) is 4.87. The van der Waals surface area contributed by atoms with Gasteiger partial charge < -0.3 is 20.7 Å². The fourth-order valence-electron chi connectivity index (χ4n) is 2.86. The van der Waals surface area contributed by atoms with Crippen LogP contribution >= 0.6 is 0 Å². The van der Waals surface area contributed by atoms with Gasteiger partial charge in [-0.1, -0.05) is 26.0 Å². The van der Waals surface area contributed by atoms with E-state index in [1.807, 2.05) is 38.1 Å². The van der Waals surface area contributed by atoms with Crippen molar-refractivity contribution in [2.75, 3.05) is 25.5 Å². The van der Waals surface area contributed by atoms with Gasteiger partial charge in [-0.25, -0.2) is 0 Å². The van der Waals surface area contributed by atoms with E-state index in [0.717, 1.165) is 49.6 Å². The molecule has 2 rings (SSSR count). The number of hydrogen-bond acceptors (Lipinski definition) is 3. The van der Waals surface area contributed by atoms with Crippen LogP contribution in [0.3, 0.4) is 0 Å². The first-order chi connectivity index (χ1) is 12.5. The summed E-state index contributed by atoms with van der Waals surface area (Å²) in [6.07, 6.45) is 3.01. The van der Waals surface area contributed by atoms with E-state index in [1.54, 1.807) is 7.05 Å². The lowest BCUT2D eigenvalue weighted by atomic mass is 10.0. The molecule has 1 saturated heterocycles. The van der Waals surface area contributed by atoms with Crippen LogP contribution in [0.4, 0.5) is 5.69 Å². The zero-order chi connectivity index (χ0) is 19.0. The Morgan fingerprint density at radius 1 is 1.38 bits per heavy atom. The van der Waals surface area contributed by atoms with Gasteiger partial charge >= 0.3 is 0 Å². The largest absolute Gasteiger partial charge is 0.373 e. The standard InChI is InChI=1S/C20H32N4O2/c1-5-15(2)18(25)24-17-9-6-8-16(12-17)13-22-19(21-4)23-14-20(3)10-7-11-26-20/h6,8-9,12,15H,5,7,10-11,13-14H2,1-4H3,(H,24,25)(H2,21,22,23). The molecule has 2 unspecified atom stereocenters. The van der Waals surface area contributed by atoms with Crippen molar-refractivity contribution in [3.8, 4) is 0 Å². The van der Waals surface area contributed by atoms with Gasteiger partial charge in [0.25, 0.3) is 0 Å². The van der Waals surface area contributed by atoms with Gasteiger partial charge in [-0.15, -0.1) is 0 Å². The summed E-state index contributed by atoms with van der Waals surface area (Å²) in [5.74, 6) is 0.814. The second-order valence-corrected chi connectivity index (χ2v) is 7.18. The van der Waals surface area contributed by atoms with E-state index < -0.39 is 0 Å². The molecule has 0 radical (unpaired) electrons. The van der Waals surface area contributed by atoms with E-state index in [1.165, 1.54) is 0 Å². The van der Waals surface area contributed by atoms with Crippen molar-refractivity contribution in [1.29, 1.82) is 0 Å². The van der Waals surface area contributed by atoms with Crippen molar-refractivity contribution in [2.24, 2.45) is 10.9 Å². The summed E-state index contributed by atoms with van der Waals surface area (Å²) in [6, 6.07) is 7.88. The average Bonchev–Trinajstić information content (AvgIpc) is 3.08. The van der Waals surface area contributed by atoms with Gasteiger partial charge in [0.1, 0.15) is 0 Å². The van der Waals surface area contributed by atoms with Crippen LogP contribution in [0.1, 0.15) is 45.6 Å². The van der Waals surface area contributed by atoms with Crippen LogP contribution in [0, 0.1) is 5.92 Å². The number of amides is 1. The number of nitrogens with one attached hydrogen (secondary N) is 3. The highest BCUT2D eigenvalue weighted by Gasteiger charge is 2.29. The second-order valence-electron chi connectivity index (χ2n) is 7.18. The summed E-state index contributed by atoms with van der Waals surface area (Å²) in [5.41, 5.74) is 1.79. The number of carbonyl (C=O) groups is 1. The van der Waals surface area contributed by atoms with Gasteiger partial charge in [-0.05, 0) is 43.9 Å².